The number of hydrogen-bond acceptors (Lipinski definition) is 5. The van der Waals surface area contributed by atoms with Crippen molar-refractivity contribution >= 4 is 5.97 Å². The van der Waals surface area contributed by atoms with Crippen molar-refractivity contribution < 1.29 is 43.3 Å². The minimum atomic E-state index is -4.94. The Morgan fingerprint density at radius 2 is 1.05 bits per heavy atom. The van der Waals surface area contributed by atoms with Gasteiger partial charge in [0, 0.05) is 35.4 Å². The van der Waals surface area contributed by atoms with Crippen molar-refractivity contribution in [1.29, 1.82) is 0 Å². The summed E-state index contributed by atoms with van der Waals surface area (Å²) in [6, 6.07) is 40.6. The van der Waals surface area contributed by atoms with Gasteiger partial charge in [-0.25, -0.2) is 23.4 Å². The Hall–Kier alpha value is -4.37. The Balaban J connectivity index is 0.000000648. The molecule has 5 rings (SSSR count). The topological polar surface area (TPSA) is 133 Å². The number of carbonyl (C=O) groups is 1. The summed E-state index contributed by atoms with van der Waals surface area (Å²) in [7, 11) is -4.94. The molecule has 0 aliphatic carbocycles. The maximum absolute atomic E-state index is 11.5. The van der Waals surface area contributed by atoms with Crippen LogP contribution in [0.3, 0.4) is 0 Å². The molecular weight excluding hydrogens is 518 g/mol. The van der Waals surface area contributed by atoms with Gasteiger partial charge in [0.05, 0.1) is 5.56 Å². The van der Waals surface area contributed by atoms with Crippen LogP contribution in [0.25, 0.3) is 39.3 Å². The monoisotopic (exact) mass is 541 g/mol. The minimum absolute atomic E-state index is 0.267. The van der Waals surface area contributed by atoms with Gasteiger partial charge in [-0.3, -0.25) is 0 Å². The fourth-order valence-electron chi connectivity index (χ4n) is 4.18. The van der Waals surface area contributed by atoms with Crippen LogP contribution in [0.1, 0.15) is 15.9 Å². The van der Waals surface area contributed by atoms with Gasteiger partial charge in [-0.1, -0.05) is 66.2 Å². The van der Waals surface area contributed by atoms with E-state index in [1.165, 1.54) is 5.56 Å². The summed E-state index contributed by atoms with van der Waals surface area (Å²) in [6.45, 7) is 2.08. The van der Waals surface area contributed by atoms with Crippen molar-refractivity contribution in [3.05, 3.63) is 132 Å². The molecule has 0 amide bonds. The van der Waals surface area contributed by atoms with Crippen molar-refractivity contribution in [2.24, 2.45) is 0 Å². The highest BCUT2D eigenvalue weighted by Crippen LogP contribution is 2.30. The number of pyridine rings is 1. The summed E-state index contributed by atoms with van der Waals surface area (Å²) in [5, 5.41) is 9.39. The SMILES string of the molecule is Cc1ccc(-c2cc(-c3ccccc3)cc(-c3ccccc3)[n+]2-c2ccc(C(=O)O)cc2)cc1.[O-][Cl+3]([O-])([O-])[O-]. The van der Waals surface area contributed by atoms with Crippen LogP contribution in [-0.4, -0.2) is 11.1 Å². The summed E-state index contributed by atoms with van der Waals surface area (Å²) in [5.41, 5.74) is 8.85. The van der Waals surface area contributed by atoms with E-state index in [1.807, 2.05) is 36.4 Å². The van der Waals surface area contributed by atoms with E-state index in [0.29, 0.717) is 0 Å². The molecule has 7 nitrogen and oxygen atoms in total. The van der Waals surface area contributed by atoms with Crippen LogP contribution >= 0.6 is 0 Å². The van der Waals surface area contributed by atoms with Crippen molar-refractivity contribution in [3.8, 4) is 39.3 Å². The van der Waals surface area contributed by atoms with Crippen LogP contribution < -0.4 is 23.2 Å². The second-order valence-corrected chi connectivity index (χ2v) is 9.43. The molecule has 0 unspecified atom stereocenters. The smallest absolute Gasteiger partial charge is 0.335 e. The lowest BCUT2D eigenvalue weighted by Gasteiger charge is -2.17. The summed E-state index contributed by atoms with van der Waals surface area (Å²) in [5.74, 6) is -0.932. The fourth-order valence-corrected chi connectivity index (χ4v) is 4.18. The largest absolute Gasteiger partial charge is 0.478 e. The third-order valence-electron chi connectivity index (χ3n) is 5.96. The van der Waals surface area contributed by atoms with Crippen LogP contribution in [0.2, 0.25) is 0 Å². The first kappa shape index (κ1) is 27.7. The number of halogens is 1. The number of hydrogen-bond donors (Lipinski definition) is 1. The van der Waals surface area contributed by atoms with Gasteiger partial charge in [0.25, 0.3) is 0 Å². The summed E-state index contributed by atoms with van der Waals surface area (Å²) in [4.78, 5) is 11.5. The lowest BCUT2D eigenvalue weighted by molar-refractivity contribution is -2.00. The number of aromatic carboxylic acids is 1. The first-order valence-electron chi connectivity index (χ1n) is 11.8. The van der Waals surface area contributed by atoms with Gasteiger partial charge in [-0.05, 0) is 54.4 Å². The van der Waals surface area contributed by atoms with Gasteiger partial charge in [0.15, 0.2) is 0 Å². The highest BCUT2D eigenvalue weighted by Gasteiger charge is 2.25. The van der Waals surface area contributed by atoms with Crippen molar-refractivity contribution in [3.63, 3.8) is 0 Å². The normalized spacial score (nSPS) is 10.9. The second-order valence-electron chi connectivity index (χ2n) is 8.68. The molecule has 1 heterocycles. The molecule has 0 radical (unpaired) electrons. The Bertz CT molecular complexity index is 1540. The number of carboxylic acid groups (broad SMARTS) is 1. The number of aromatic nitrogens is 1. The first-order chi connectivity index (χ1) is 18.6. The zero-order chi connectivity index (χ0) is 28.0. The lowest BCUT2D eigenvalue weighted by Crippen LogP contribution is -2.68. The molecule has 1 aromatic heterocycles. The first-order valence-corrected chi connectivity index (χ1v) is 13.1. The molecule has 0 aliphatic rings. The Kier molecular flexibility index (Phi) is 8.51. The van der Waals surface area contributed by atoms with Gasteiger partial charge in [-0.15, -0.1) is 10.2 Å². The molecule has 0 saturated heterocycles. The maximum atomic E-state index is 11.5. The molecule has 8 heteroatoms. The van der Waals surface area contributed by atoms with Gasteiger partial charge in [-0.2, -0.15) is 4.57 Å². The third kappa shape index (κ3) is 7.36. The van der Waals surface area contributed by atoms with Gasteiger partial charge < -0.3 is 5.11 Å². The van der Waals surface area contributed by atoms with Crippen molar-refractivity contribution in [2.45, 2.75) is 6.92 Å². The molecule has 0 saturated carbocycles. The number of rotatable bonds is 5. The minimum Gasteiger partial charge on any atom is -0.478 e. The molecule has 0 fully saturated rings. The molecule has 0 aliphatic heterocycles. The Morgan fingerprint density at radius 1 is 0.615 bits per heavy atom. The van der Waals surface area contributed by atoms with Crippen LogP contribution in [0.5, 0.6) is 0 Å². The molecule has 39 heavy (non-hydrogen) atoms. The number of benzene rings is 4. The van der Waals surface area contributed by atoms with E-state index in [2.05, 4.69) is 84.3 Å². The predicted octanol–water partition coefficient (Wildman–Crippen LogP) is 2.21. The van der Waals surface area contributed by atoms with E-state index in [-0.39, 0.29) is 5.56 Å². The average molecular weight is 542 g/mol. The van der Waals surface area contributed by atoms with E-state index in [1.54, 1.807) is 12.1 Å². The fraction of sp³-hybridized carbons (Fsp3) is 0.0323. The Morgan fingerprint density at radius 3 is 1.51 bits per heavy atom. The molecule has 5 aromatic rings. The van der Waals surface area contributed by atoms with E-state index >= 15 is 0 Å². The van der Waals surface area contributed by atoms with Crippen LogP contribution in [0, 0.1) is 17.2 Å². The van der Waals surface area contributed by atoms with Gasteiger partial charge >= 0.3 is 5.97 Å². The molecule has 0 bridgehead atoms. The molecule has 1 N–H and O–H groups in total. The number of aryl methyl sites for hydroxylation is 1. The zero-order valence-corrected chi connectivity index (χ0v) is 21.6. The molecule has 0 atom stereocenters. The van der Waals surface area contributed by atoms with Crippen LogP contribution in [-0.2, 0) is 0 Å². The second kappa shape index (κ2) is 12.0. The summed E-state index contributed by atoms with van der Waals surface area (Å²) < 4.78 is 36.2. The van der Waals surface area contributed by atoms with Gasteiger partial charge in [0.2, 0.25) is 17.1 Å². The summed E-state index contributed by atoms with van der Waals surface area (Å²) in [6.07, 6.45) is 0. The van der Waals surface area contributed by atoms with E-state index in [4.69, 9.17) is 18.6 Å². The highest BCUT2D eigenvalue weighted by atomic mass is 35.7. The predicted molar refractivity (Wildman–Crippen MR) is 136 cm³/mol. The average Bonchev–Trinajstić information content (AvgIpc) is 2.93. The van der Waals surface area contributed by atoms with Crippen LogP contribution in [0.4, 0.5) is 0 Å². The Labute approximate surface area is 227 Å². The quantitative estimate of drug-likeness (QED) is 0.339. The third-order valence-corrected chi connectivity index (χ3v) is 5.96. The molecule has 196 valence electrons. The molecule has 0 spiro atoms. The standard InChI is InChI=1S/C31H23NO2.ClHO4/c1-22-12-14-25(15-13-22)30-21-27(23-8-4-2-5-9-23)20-29(24-10-6-3-7-11-24)32(30)28-18-16-26(17-19-28)31(33)34;2-1(3,4)5/h2-21H,1H3;(H,2,3,4,5). The van der Waals surface area contributed by atoms with Crippen molar-refractivity contribution in [1.82, 2.24) is 0 Å². The number of carboxylic acids is 1. The molecular formula is C31H24ClNO6. The van der Waals surface area contributed by atoms with E-state index in [9.17, 15) is 9.90 Å². The number of nitrogens with zero attached hydrogens (tertiary/aromatic N) is 1. The molecule has 4 aromatic carbocycles. The summed E-state index contributed by atoms with van der Waals surface area (Å²) >= 11 is 0. The van der Waals surface area contributed by atoms with Crippen molar-refractivity contribution in [2.75, 3.05) is 0 Å². The van der Waals surface area contributed by atoms with Gasteiger partial charge in [0.1, 0.15) is 0 Å². The van der Waals surface area contributed by atoms with E-state index < -0.39 is 16.2 Å². The van der Waals surface area contributed by atoms with E-state index in [0.717, 1.165) is 39.3 Å². The maximum Gasteiger partial charge on any atom is 0.335 e. The lowest BCUT2D eigenvalue weighted by atomic mass is 9.98. The van der Waals surface area contributed by atoms with Crippen LogP contribution in [0.15, 0.2) is 121 Å². The zero-order valence-electron chi connectivity index (χ0n) is 20.9. The highest BCUT2D eigenvalue weighted by molar-refractivity contribution is 5.87.